The molecule has 1 aromatic carbocycles. The highest BCUT2D eigenvalue weighted by Gasteiger charge is 2.31. The van der Waals surface area contributed by atoms with Crippen LogP contribution in [0, 0.1) is 0 Å². The second kappa shape index (κ2) is 5.05. The van der Waals surface area contributed by atoms with Crippen LogP contribution in [-0.4, -0.2) is 21.6 Å². The molecule has 1 aromatic heterocycles. The first-order chi connectivity index (χ1) is 8.66. The van der Waals surface area contributed by atoms with Crippen LogP contribution >= 0.6 is 13.5 Å². The van der Waals surface area contributed by atoms with E-state index in [1.165, 1.54) is 0 Å². The van der Waals surface area contributed by atoms with Gasteiger partial charge in [0, 0.05) is 18.9 Å². The third kappa shape index (κ3) is 2.23. The van der Waals surface area contributed by atoms with Gasteiger partial charge in [0.2, 0.25) is 11.8 Å². The first-order valence-electron chi connectivity index (χ1n) is 5.92. The minimum atomic E-state index is -0.325. The fourth-order valence-electron chi connectivity index (χ4n) is 2.45. The molecule has 0 aliphatic carbocycles. The summed E-state index contributed by atoms with van der Waals surface area (Å²) < 4.78 is 1.77. The number of aryl methyl sites for hydroxylation is 1. The molecular weight excluding hydrogens is 262 g/mol. The maximum absolute atomic E-state index is 11.9. The lowest BCUT2D eigenvalue weighted by molar-refractivity contribution is -0.134. The molecule has 2 heterocycles. The molecule has 1 aliphatic heterocycles. The predicted octanol–water partition coefficient (Wildman–Crippen LogP) is 1.21. The number of amides is 2. The number of nitrogens with zero attached hydrogens (tertiary/aromatic N) is 2. The topological polar surface area (TPSA) is 64.0 Å². The summed E-state index contributed by atoms with van der Waals surface area (Å²) in [6.45, 7) is 0. The van der Waals surface area contributed by atoms with Crippen molar-refractivity contribution in [3.05, 3.63) is 30.0 Å². The Morgan fingerprint density at radius 1 is 1.32 bits per heavy atom. The van der Waals surface area contributed by atoms with Crippen LogP contribution in [0.2, 0.25) is 0 Å². The van der Waals surface area contributed by atoms with Crippen LogP contribution in [0.3, 0.4) is 0 Å². The Labute approximate surface area is 117 Å². The normalized spacial score (nSPS) is 19.1. The van der Waals surface area contributed by atoms with E-state index in [9.17, 15) is 9.59 Å². The van der Waals surface area contributed by atoms with Gasteiger partial charge in [0.15, 0.2) is 0 Å². The van der Waals surface area contributed by atoms with E-state index in [-0.39, 0.29) is 31.2 Å². The van der Waals surface area contributed by atoms with E-state index < -0.39 is 0 Å². The van der Waals surface area contributed by atoms with Crippen LogP contribution in [0.1, 0.15) is 24.5 Å². The van der Waals surface area contributed by atoms with Crippen molar-refractivity contribution in [3.8, 4) is 0 Å². The van der Waals surface area contributed by atoms with Gasteiger partial charge < -0.3 is 0 Å². The molecule has 0 bridgehead atoms. The highest BCUT2D eigenvalue weighted by molar-refractivity contribution is 7.59. The van der Waals surface area contributed by atoms with Crippen molar-refractivity contribution in [1.82, 2.24) is 15.1 Å². The highest BCUT2D eigenvalue weighted by Crippen LogP contribution is 2.29. The van der Waals surface area contributed by atoms with Crippen LogP contribution in [0.15, 0.2) is 24.3 Å². The van der Waals surface area contributed by atoms with Crippen molar-refractivity contribution in [2.24, 2.45) is 7.05 Å². The average molecular weight is 277 g/mol. The molecule has 1 saturated heterocycles. The number of nitrogens with one attached hydrogen (secondary N) is 1. The molecule has 0 saturated carbocycles. The number of benzene rings is 1. The lowest BCUT2D eigenvalue weighted by atomic mass is 9.93. The lowest BCUT2D eigenvalue weighted by Crippen LogP contribution is -2.39. The Morgan fingerprint density at radius 3 is 2.79 bits per heavy atom. The van der Waals surface area contributed by atoms with Gasteiger partial charge >= 0.3 is 0 Å². The number of hydrogen-bond donors (Lipinski definition) is 1. The number of carbonyl (C=O) groups excluding carboxylic acids is 2. The molecule has 2 aromatic rings. The molecule has 19 heavy (non-hydrogen) atoms. The second-order valence-corrected chi connectivity index (χ2v) is 4.53. The van der Waals surface area contributed by atoms with Crippen molar-refractivity contribution in [3.63, 3.8) is 0 Å². The Hall–Kier alpha value is -1.82. The molecule has 0 unspecified atom stereocenters. The van der Waals surface area contributed by atoms with Gasteiger partial charge in [0.1, 0.15) is 0 Å². The van der Waals surface area contributed by atoms with Crippen molar-refractivity contribution in [1.29, 1.82) is 0 Å². The van der Waals surface area contributed by atoms with E-state index in [4.69, 9.17) is 0 Å². The molecular formula is C13H15N3O2S. The summed E-state index contributed by atoms with van der Waals surface area (Å²) in [6, 6.07) is 7.80. The quantitative estimate of drug-likeness (QED) is 0.797. The number of para-hydroxylation sites is 1. The minimum absolute atomic E-state index is 0. The van der Waals surface area contributed by atoms with Crippen LogP contribution < -0.4 is 5.32 Å². The molecule has 3 rings (SSSR count). The fraction of sp³-hybridized carbons (Fsp3) is 0.308. The van der Waals surface area contributed by atoms with Crippen LogP contribution in [0.4, 0.5) is 0 Å². The van der Waals surface area contributed by atoms with E-state index in [1.54, 1.807) is 4.68 Å². The minimum Gasteiger partial charge on any atom is -0.296 e. The number of hydrogen-bond acceptors (Lipinski definition) is 3. The fourth-order valence-corrected chi connectivity index (χ4v) is 2.45. The van der Waals surface area contributed by atoms with E-state index in [1.807, 2.05) is 31.3 Å². The summed E-state index contributed by atoms with van der Waals surface area (Å²) in [5.41, 5.74) is 1.76. The average Bonchev–Trinajstić information content (AvgIpc) is 2.68. The van der Waals surface area contributed by atoms with Gasteiger partial charge in [0.25, 0.3) is 0 Å². The Bertz CT molecular complexity index is 650. The van der Waals surface area contributed by atoms with Gasteiger partial charge in [-0.25, -0.2) is 0 Å². The molecule has 100 valence electrons. The number of piperidine rings is 1. The molecule has 1 aliphatic rings. The van der Waals surface area contributed by atoms with E-state index >= 15 is 0 Å². The Morgan fingerprint density at radius 2 is 2.05 bits per heavy atom. The summed E-state index contributed by atoms with van der Waals surface area (Å²) >= 11 is 0. The van der Waals surface area contributed by atoms with Crippen molar-refractivity contribution in [2.75, 3.05) is 0 Å². The largest absolute Gasteiger partial charge is 0.296 e. The summed E-state index contributed by atoms with van der Waals surface area (Å²) in [6.07, 6.45) is 0.910. The third-order valence-electron chi connectivity index (χ3n) is 3.36. The molecule has 6 heteroatoms. The first-order valence-corrected chi connectivity index (χ1v) is 5.92. The van der Waals surface area contributed by atoms with Crippen LogP contribution in [0.25, 0.3) is 10.9 Å². The van der Waals surface area contributed by atoms with E-state index in [0.717, 1.165) is 16.6 Å². The zero-order valence-corrected chi connectivity index (χ0v) is 11.5. The maximum atomic E-state index is 11.9. The maximum Gasteiger partial charge on any atom is 0.235 e. The zero-order chi connectivity index (χ0) is 12.7. The summed E-state index contributed by atoms with van der Waals surface area (Å²) in [4.78, 5) is 23.0. The molecule has 2 amide bonds. The van der Waals surface area contributed by atoms with E-state index in [0.29, 0.717) is 12.8 Å². The Balaban J connectivity index is 0.00000133. The number of imide groups is 1. The van der Waals surface area contributed by atoms with Crippen molar-refractivity contribution < 1.29 is 9.59 Å². The summed E-state index contributed by atoms with van der Waals surface area (Å²) in [5, 5.41) is 7.79. The van der Waals surface area contributed by atoms with Gasteiger partial charge in [-0.2, -0.15) is 18.6 Å². The number of rotatable bonds is 1. The highest BCUT2D eigenvalue weighted by atomic mass is 32.1. The third-order valence-corrected chi connectivity index (χ3v) is 3.36. The summed E-state index contributed by atoms with van der Waals surface area (Å²) in [7, 11) is 1.86. The zero-order valence-electron chi connectivity index (χ0n) is 10.5. The lowest BCUT2D eigenvalue weighted by Gasteiger charge is -2.19. The number of carbonyl (C=O) groups is 2. The summed E-state index contributed by atoms with van der Waals surface area (Å²) in [5.74, 6) is -0.764. The predicted molar refractivity (Wildman–Crippen MR) is 76.2 cm³/mol. The van der Waals surface area contributed by atoms with Crippen molar-refractivity contribution >= 4 is 36.2 Å². The monoisotopic (exact) mass is 277 g/mol. The molecule has 5 nitrogen and oxygen atoms in total. The first kappa shape index (κ1) is 13.6. The SMILES string of the molecule is Cn1nc([C@@H]2CCC(=O)NC2=O)c2ccccc21.S. The molecule has 0 spiro atoms. The number of fused-ring (bicyclic) bond motifs is 1. The smallest absolute Gasteiger partial charge is 0.235 e. The van der Waals surface area contributed by atoms with Crippen molar-refractivity contribution in [2.45, 2.75) is 18.8 Å². The van der Waals surface area contributed by atoms with Gasteiger partial charge in [0.05, 0.1) is 17.1 Å². The van der Waals surface area contributed by atoms with Gasteiger partial charge in [-0.3, -0.25) is 19.6 Å². The van der Waals surface area contributed by atoms with Gasteiger partial charge in [-0.15, -0.1) is 0 Å². The van der Waals surface area contributed by atoms with E-state index in [2.05, 4.69) is 10.4 Å². The van der Waals surface area contributed by atoms with Crippen LogP contribution in [-0.2, 0) is 16.6 Å². The standard InChI is InChI=1S/C13H13N3O2.H2S/c1-16-10-5-3-2-4-8(10)12(15-16)9-6-7-11(17)14-13(9)18;/h2-5,9H,6-7H2,1H3,(H,14,17,18);1H2/t9-;/m0./s1. The van der Waals surface area contributed by atoms with Gasteiger partial charge in [-0.1, -0.05) is 18.2 Å². The molecule has 1 atom stereocenters. The molecule has 1 fully saturated rings. The van der Waals surface area contributed by atoms with Crippen LogP contribution in [0.5, 0.6) is 0 Å². The number of aromatic nitrogens is 2. The second-order valence-electron chi connectivity index (χ2n) is 4.53. The molecule has 1 N–H and O–H groups in total. The molecule has 0 radical (unpaired) electrons. The van der Waals surface area contributed by atoms with Gasteiger partial charge in [-0.05, 0) is 12.5 Å². The Kier molecular flexibility index (Phi) is 3.61.